The van der Waals surface area contributed by atoms with Gasteiger partial charge in [-0.3, -0.25) is 4.79 Å². The van der Waals surface area contributed by atoms with E-state index in [0.717, 1.165) is 12.3 Å². The summed E-state index contributed by atoms with van der Waals surface area (Å²) < 4.78 is 38.5. The Balaban J connectivity index is 2.27. The molecule has 0 spiro atoms. The second kappa shape index (κ2) is 6.02. The highest BCUT2D eigenvalue weighted by atomic mass is 35.5. The molecule has 2 aromatic rings. The van der Waals surface area contributed by atoms with Crippen LogP contribution in [0.15, 0.2) is 36.5 Å². The van der Waals surface area contributed by atoms with Gasteiger partial charge in [-0.25, -0.2) is 0 Å². The molecule has 0 aliphatic carbocycles. The lowest BCUT2D eigenvalue weighted by Crippen LogP contribution is -2.29. The molecule has 0 fully saturated rings. The number of anilines is 1. The highest BCUT2D eigenvalue weighted by Crippen LogP contribution is 2.36. The van der Waals surface area contributed by atoms with Crippen molar-refractivity contribution >= 4 is 34.8 Å². The van der Waals surface area contributed by atoms with Crippen molar-refractivity contribution in [3.05, 3.63) is 63.0 Å². The third kappa shape index (κ3) is 3.61. The first kappa shape index (κ1) is 16.4. The molecule has 1 N–H and O–H groups in total. The first-order valence-corrected chi connectivity index (χ1v) is 6.51. The van der Waals surface area contributed by atoms with Gasteiger partial charge in [0.05, 0.1) is 10.6 Å². The first-order valence-electron chi connectivity index (χ1n) is 5.75. The minimum atomic E-state index is -4.64. The standard InChI is InChI=1S/C13H7Cl2F3N2O2/c14-10-3-2-8(5-9(10)13(16,17)18)19-12(21)7-1-4-11(15)20(22)6-7/h1-6H,(H,19,21). The van der Waals surface area contributed by atoms with Crippen LogP contribution in [0.3, 0.4) is 0 Å². The number of benzene rings is 1. The van der Waals surface area contributed by atoms with Gasteiger partial charge < -0.3 is 10.5 Å². The average molecular weight is 351 g/mol. The van der Waals surface area contributed by atoms with E-state index in [1.54, 1.807) is 0 Å². The fourth-order valence-corrected chi connectivity index (χ4v) is 1.96. The summed E-state index contributed by atoms with van der Waals surface area (Å²) in [4.78, 5) is 11.9. The third-order valence-corrected chi connectivity index (χ3v) is 3.28. The summed E-state index contributed by atoms with van der Waals surface area (Å²) in [7, 11) is 0. The number of hydrogen-bond donors (Lipinski definition) is 1. The Labute approximate surface area is 132 Å². The van der Waals surface area contributed by atoms with Gasteiger partial charge in [0, 0.05) is 11.8 Å². The Morgan fingerprint density at radius 2 is 1.86 bits per heavy atom. The maximum Gasteiger partial charge on any atom is 0.417 e. The Bertz CT molecular complexity index is 736. The molecule has 0 saturated carbocycles. The molecule has 0 aliphatic heterocycles. The highest BCUT2D eigenvalue weighted by molar-refractivity contribution is 6.31. The fraction of sp³-hybridized carbons (Fsp3) is 0.0769. The fourth-order valence-electron chi connectivity index (χ4n) is 1.62. The number of pyridine rings is 1. The van der Waals surface area contributed by atoms with Crippen LogP contribution < -0.4 is 10.0 Å². The summed E-state index contributed by atoms with van der Waals surface area (Å²) in [5.74, 6) is -0.753. The zero-order chi connectivity index (χ0) is 16.5. The first-order chi connectivity index (χ1) is 10.2. The topological polar surface area (TPSA) is 56.0 Å². The number of carbonyl (C=O) groups is 1. The lowest BCUT2D eigenvalue weighted by molar-refractivity contribution is -0.603. The summed E-state index contributed by atoms with van der Waals surface area (Å²) in [5.41, 5.74) is -1.22. The molecule has 4 nitrogen and oxygen atoms in total. The second-order valence-corrected chi connectivity index (χ2v) is 5.01. The number of rotatable bonds is 2. The normalized spacial score (nSPS) is 11.3. The van der Waals surface area contributed by atoms with Crippen molar-refractivity contribution in [2.75, 3.05) is 5.32 Å². The van der Waals surface area contributed by atoms with Crippen molar-refractivity contribution in [1.29, 1.82) is 0 Å². The number of hydrogen-bond acceptors (Lipinski definition) is 2. The predicted octanol–water partition coefficient (Wildman–Crippen LogP) is 3.90. The second-order valence-electron chi connectivity index (χ2n) is 4.21. The molecule has 0 atom stereocenters. The van der Waals surface area contributed by atoms with Crippen LogP contribution >= 0.6 is 23.2 Å². The van der Waals surface area contributed by atoms with E-state index in [0.29, 0.717) is 6.07 Å². The zero-order valence-electron chi connectivity index (χ0n) is 10.6. The lowest BCUT2D eigenvalue weighted by atomic mass is 10.2. The largest absolute Gasteiger partial charge is 0.618 e. The third-order valence-electron chi connectivity index (χ3n) is 2.66. The molecule has 116 valence electrons. The van der Waals surface area contributed by atoms with Crippen molar-refractivity contribution in [3.63, 3.8) is 0 Å². The van der Waals surface area contributed by atoms with E-state index in [1.165, 1.54) is 18.2 Å². The van der Waals surface area contributed by atoms with Gasteiger partial charge in [0.25, 0.3) is 11.1 Å². The lowest BCUT2D eigenvalue weighted by Gasteiger charge is -2.11. The number of amides is 1. The Hall–Kier alpha value is -1.99. The minimum absolute atomic E-state index is 0.0529. The molecule has 9 heteroatoms. The van der Waals surface area contributed by atoms with Gasteiger partial charge in [-0.1, -0.05) is 11.6 Å². The molecule has 0 saturated heterocycles. The molecule has 0 bridgehead atoms. The van der Waals surface area contributed by atoms with Crippen LogP contribution in [0.5, 0.6) is 0 Å². The number of halogens is 5. The Morgan fingerprint density at radius 3 is 2.45 bits per heavy atom. The summed E-state index contributed by atoms with van der Waals surface area (Å²) >= 11 is 11.0. The summed E-state index contributed by atoms with van der Waals surface area (Å²) in [6.07, 6.45) is -3.73. The van der Waals surface area contributed by atoms with Gasteiger partial charge in [-0.2, -0.15) is 17.9 Å². The molecule has 1 amide bonds. The Kier molecular flexibility index (Phi) is 4.48. The molecule has 1 aromatic heterocycles. The van der Waals surface area contributed by atoms with Gasteiger partial charge in [-0.05, 0) is 35.9 Å². The van der Waals surface area contributed by atoms with Crippen molar-refractivity contribution in [2.24, 2.45) is 0 Å². The molecule has 0 radical (unpaired) electrons. The van der Waals surface area contributed by atoms with Crippen LogP contribution in [0.4, 0.5) is 18.9 Å². The van der Waals surface area contributed by atoms with E-state index in [1.807, 2.05) is 0 Å². The van der Waals surface area contributed by atoms with Crippen LogP contribution in [0.2, 0.25) is 10.2 Å². The van der Waals surface area contributed by atoms with Crippen molar-refractivity contribution in [2.45, 2.75) is 6.18 Å². The van der Waals surface area contributed by atoms with Crippen molar-refractivity contribution in [3.8, 4) is 0 Å². The van der Waals surface area contributed by atoms with Crippen LogP contribution in [0.1, 0.15) is 15.9 Å². The zero-order valence-corrected chi connectivity index (χ0v) is 12.1. The van der Waals surface area contributed by atoms with E-state index in [9.17, 15) is 23.2 Å². The molecular formula is C13H7Cl2F3N2O2. The van der Waals surface area contributed by atoms with Gasteiger partial charge in [-0.15, -0.1) is 0 Å². The molecular weight excluding hydrogens is 344 g/mol. The van der Waals surface area contributed by atoms with Gasteiger partial charge >= 0.3 is 6.18 Å². The van der Waals surface area contributed by atoms with E-state index in [4.69, 9.17) is 23.2 Å². The van der Waals surface area contributed by atoms with Crippen molar-refractivity contribution < 1.29 is 22.7 Å². The average Bonchev–Trinajstić information content (AvgIpc) is 2.42. The summed E-state index contributed by atoms with van der Waals surface area (Å²) in [6, 6.07) is 5.42. The smallest absolute Gasteiger partial charge is 0.417 e. The summed E-state index contributed by atoms with van der Waals surface area (Å²) in [5, 5.41) is 12.9. The minimum Gasteiger partial charge on any atom is -0.618 e. The number of aromatic nitrogens is 1. The van der Waals surface area contributed by atoms with E-state index in [-0.39, 0.29) is 21.1 Å². The number of nitrogens with zero attached hydrogens (tertiary/aromatic N) is 1. The van der Waals surface area contributed by atoms with Crippen LogP contribution in [-0.4, -0.2) is 5.91 Å². The SMILES string of the molecule is O=C(Nc1ccc(Cl)c(C(F)(F)F)c1)c1ccc(Cl)[n+]([O-])c1. The number of carbonyl (C=O) groups excluding carboxylic acids is 1. The monoisotopic (exact) mass is 350 g/mol. The molecule has 1 heterocycles. The Morgan fingerprint density at radius 1 is 1.18 bits per heavy atom. The molecule has 0 aliphatic rings. The van der Waals surface area contributed by atoms with Crippen LogP contribution in [-0.2, 0) is 6.18 Å². The molecule has 1 aromatic carbocycles. The van der Waals surface area contributed by atoms with Crippen LogP contribution in [0.25, 0.3) is 0 Å². The van der Waals surface area contributed by atoms with Crippen LogP contribution in [0, 0.1) is 5.21 Å². The number of alkyl halides is 3. The summed E-state index contributed by atoms with van der Waals surface area (Å²) in [6.45, 7) is 0. The molecule has 22 heavy (non-hydrogen) atoms. The molecule has 0 unspecified atom stereocenters. The maximum atomic E-state index is 12.7. The van der Waals surface area contributed by atoms with Crippen molar-refractivity contribution in [1.82, 2.24) is 0 Å². The number of nitrogens with one attached hydrogen (secondary N) is 1. The predicted molar refractivity (Wildman–Crippen MR) is 74.8 cm³/mol. The van der Waals surface area contributed by atoms with Gasteiger partial charge in [0.1, 0.15) is 5.56 Å². The highest BCUT2D eigenvalue weighted by Gasteiger charge is 2.33. The molecule has 2 rings (SSSR count). The van der Waals surface area contributed by atoms with E-state index < -0.39 is 22.7 Å². The van der Waals surface area contributed by atoms with E-state index >= 15 is 0 Å². The van der Waals surface area contributed by atoms with E-state index in [2.05, 4.69) is 5.32 Å². The van der Waals surface area contributed by atoms with Gasteiger partial charge in [0.2, 0.25) is 0 Å². The van der Waals surface area contributed by atoms with Gasteiger partial charge in [0.15, 0.2) is 6.20 Å². The maximum absolute atomic E-state index is 12.7. The quantitative estimate of drug-likeness (QED) is 0.507.